The van der Waals surface area contributed by atoms with Crippen molar-refractivity contribution in [2.75, 3.05) is 45.4 Å². The van der Waals surface area contributed by atoms with Gasteiger partial charge in [0.1, 0.15) is 16.7 Å². The smallest absolute Gasteiger partial charge is 0.329 e. The van der Waals surface area contributed by atoms with Crippen LogP contribution in [0.15, 0.2) is 47.4 Å². The van der Waals surface area contributed by atoms with E-state index in [0.29, 0.717) is 25.3 Å². The van der Waals surface area contributed by atoms with Crippen molar-refractivity contribution in [2.24, 2.45) is 0 Å². The number of fused-ring (bicyclic) bond motifs is 1. The SMILES string of the molecule is COC(=O)C1Cc2ccccc2N1C(=O)c1ccc(OC)c(S(=O)(=O)N2CCOCC2)c1. The summed E-state index contributed by atoms with van der Waals surface area (Å²) in [5.41, 5.74) is 1.57. The van der Waals surface area contributed by atoms with Crippen LogP contribution in [0.4, 0.5) is 5.69 Å². The first-order valence-electron chi connectivity index (χ1n) is 10.1. The standard InChI is InChI=1S/C22H24N2O7S/c1-29-19-8-7-16(14-20(19)32(27,28)23-9-11-31-12-10-23)21(25)24-17-6-4-3-5-15(17)13-18(24)22(26)30-2/h3-8,14,18H,9-13H2,1-2H3. The minimum Gasteiger partial charge on any atom is -0.495 e. The number of amides is 1. The van der Waals surface area contributed by atoms with Gasteiger partial charge in [-0.05, 0) is 29.8 Å². The molecule has 4 rings (SSSR count). The highest BCUT2D eigenvalue weighted by Gasteiger charge is 2.40. The van der Waals surface area contributed by atoms with E-state index in [9.17, 15) is 18.0 Å². The molecule has 0 aromatic heterocycles. The number of sulfonamides is 1. The molecule has 0 spiro atoms. The van der Waals surface area contributed by atoms with E-state index < -0.39 is 27.9 Å². The molecule has 1 unspecified atom stereocenters. The Hall–Kier alpha value is -2.95. The van der Waals surface area contributed by atoms with Crippen molar-refractivity contribution in [3.8, 4) is 5.75 Å². The lowest BCUT2D eigenvalue weighted by Gasteiger charge is -2.27. The number of nitrogens with zero attached hydrogens (tertiary/aromatic N) is 2. The van der Waals surface area contributed by atoms with Crippen molar-refractivity contribution in [3.05, 3.63) is 53.6 Å². The van der Waals surface area contributed by atoms with Crippen LogP contribution in [0, 0.1) is 0 Å². The first kappa shape index (κ1) is 22.3. The van der Waals surface area contributed by atoms with Crippen LogP contribution in [-0.4, -0.2) is 71.2 Å². The molecule has 1 fully saturated rings. The zero-order valence-corrected chi connectivity index (χ0v) is 18.6. The van der Waals surface area contributed by atoms with E-state index in [1.807, 2.05) is 12.1 Å². The molecule has 0 saturated carbocycles. The predicted octanol–water partition coefficient (Wildman–Crippen LogP) is 1.46. The first-order valence-corrected chi connectivity index (χ1v) is 11.6. The molecule has 0 bridgehead atoms. The molecule has 2 aliphatic heterocycles. The maximum atomic E-state index is 13.5. The van der Waals surface area contributed by atoms with Gasteiger partial charge in [0.05, 0.1) is 27.4 Å². The van der Waals surface area contributed by atoms with Gasteiger partial charge in [-0.2, -0.15) is 4.31 Å². The number of esters is 1. The average Bonchev–Trinajstić information content (AvgIpc) is 3.22. The maximum Gasteiger partial charge on any atom is 0.329 e. The minimum atomic E-state index is -3.91. The highest BCUT2D eigenvalue weighted by Crippen LogP contribution is 2.35. The summed E-state index contributed by atoms with van der Waals surface area (Å²) < 4.78 is 43.3. The lowest BCUT2D eigenvalue weighted by atomic mass is 10.1. The highest BCUT2D eigenvalue weighted by atomic mass is 32.2. The van der Waals surface area contributed by atoms with Crippen LogP contribution in [0.5, 0.6) is 5.75 Å². The van der Waals surface area contributed by atoms with Crippen LogP contribution < -0.4 is 9.64 Å². The number of hydrogen-bond donors (Lipinski definition) is 0. The lowest BCUT2D eigenvalue weighted by Crippen LogP contribution is -2.43. The van der Waals surface area contributed by atoms with Crippen LogP contribution in [-0.2, 0) is 30.7 Å². The Morgan fingerprint density at radius 2 is 1.78 bits per heavy atom. The normalized spacial score (nSPS) is 18.8. The topological polar surface area (TPSA) is 102 Å². The molecule has 2 aliphatic rings. The van der Waals surface area contributed by atoms with Crippen LogP contribution in [0.3, 0.4) is 0 Å². The molecular formula is C22H24N2O7S. The number of benzene rings is 2. The molecule has 10 heteroatoms. The number of methoxy groups -OCH3 is 2. The molecule has 170 valence electrons. The van der Waals surface area contributed by atoms with Crippen LogP contribution in [0.2, 0.25) is 0 Å². The zero-order valence-electron chi connectivity index (χ0n) is 17.8. The molecule has 2 aromatic rings. The first-order chi connectivity index (χ1) is 15.4. The van der Waals surface area contributed by atoms with Gasteiger partial charge in [0, 0.05) is 30.8 Å². The summed E-state index contributed by atoms with van der Waals surface area (Å²) in [5, 5.41) is 0. The summed E-state index contributed by atoms with van der Waals surface area (Å²) in [7, 11) is -1.27. The fourth-order valence-electron chi connectivity index (χ4n) is 4.04. The summed E-state index contributed by atoms with van der Waals surface area (Å²) in [6, 6.07) is 10.6. The molecule has 9 nitrogen and oxygen atoms in total. The Kier molecular flexibility index (Phi) is 6.18. The lowest BCUT2D eigenvalue weighted by molar-refractivity contribution is -0.141. The monoisotopic (exact) mass is 460 g/mol. The molecule has 1 atom stereocenters. The van der Waals surface area contributed by atoms with E-state index in [-0.39, 0.29) is 29.3 Å². The van der Waals surface area contributed by atoms with Gasteiger partial charge in [-0.25, -0.2) is 13.2 Å². The van der Waals surface area contributed by atoms with E-state index in [1.165, 1.54) is 41.6 Å². The van der Waals surface area contributed by atoms with Crippen LogP contribution in [0.25, 0.3) is 0 Å². The molecule has 2 heterocycles. The fraction of sp³-hybridized carbons (Fsp3) is 0.364. The highest BCUT2D eigenvalue weighted by molar-refractivity contribution is 7.89. The Morgan fingerprint density at radius 1 is 1.06 bits per heavy atom. The molecule has 0 aliphatic carbocycles. The Balaban J connectivity index is 1.76. The van der Waals surface area contributed by atoms with Crippen molar-refractivity contribution in [3.63, 3.8) is 0 Å². The van der Waals surface area contributed by atoms with Gasteiger partial charge < -0.3 is 14.2 Å². The Labute approximate surface area is 186 Å². The van der Waals surface area contributed by atoms with Crippen molar-refractivity contribution in [1.29, 1.82) is 0 Å². The maximum absolute atomic E-state index is 13.5. The molecule has 2 aromatic carbocycles. The van der Waals surface area contributed by atoms with Crippen LogP contribution >= 0.6 is 0 Å². The van der Waals surface area contributed by atoms with Crippen molar-refractivity contribution >= 4 is 27.6 Å². The second-order valence-electron chi connectivity index (χ2n) is 7.43. The summed E-state index contributed by atoms with van der Waals surface area (Å²) in [6.45, 7) is 1.03. The van der Waals surface area contributed by atoms with Crippen molar-refractivity contribution in [2.45, 2.75) is 17.4 Å². The van der Waals surface area contributed by atoms with Gasteiger partial charge in [0.15, 0.2) is 0 Å². The number of para-hydroxylation sites is 1. The van der Waals surface area contributed by atoms with Crippen LogP contribution in [0.1, 0.15) is 15.9 Å². The summed E-state index contributed by atoms with van der Waals surface area (Å²) in [5.74, 6) is -0.893. The molecule has 1 saturated heterocycles. The third-order valence-corrected chi connectivity index (χ3v) is 7.59. The Morgan fingerprint density at radius 3 is 2.47 bits per heavy atom. The molecule has 32 heavy (non-hydrogen) atoms. The van der Waals surface area contributed by atoms with Gasteiger partial charge in [-0.1, -0.05) is 18.2 Å². The fourth-order valence-corrected chi connectivity index (χ4v) is 5.63. The number of ether oxygens (including phenoxy) is 3. The largest absolute Gasteiger partial charge is 0.495 e. The quantitative estimate of drug-likeness (QED) is 0.623. The number of rotatable bonds is 5. The van der Waals surface area contributed by atoms with Gasteiger partial charge in [0.25, 0.3) is 5.91 Å². The number of morpholine rings is 1. The second-order valence-corrected chi connectivity index (χ2v) is 9.34. The Bertz CT molecular complexity index is 1140. The third kappa shape index (κ3) is 3.85. The average molecular weight is 461 g/mol. The molecule has 0 radical (unpaired) electrons. The van der Waals surface area contributed by atoms with Gasteiger partial charge in [0.2, 0.25) is 10.0 Å². The number of hydrogen-bond acceptors (Lipinski definition) is 7. The molecular weight excluding hydrogens is 436 g/mol. The molecule has 0 N–H and O–H groups in total. The van der Waals surface area contributed by atoms with E-state index in [4.69, 9.17) is 14.2 Å². The van der Waals surface area contributed by atoms with E-state index >= 15 is 0 Å². The summed E-state index contributed by atoms with van der Waals surface area (Å²) in [6.07, 6.45) is 0.323. The van der Waals surface area contributed by atoms with E-state index in [2.05, 4.69) is 0 Å². The van der Waals surface area contributed by atoms with Gasteiger partial charge in [-0.15, -0.1) is 0 Å². The van der Waals surface area contributed by atoms with Crippen molar-refractivity contribution in [1.82, 2.24) is 4.31 Å². The van der Waals surface area contributed by atoms with Crippen molar-refractivity contribution < 1.29 is 32.2 Å². The van der Waals surface area contributed by atoms with Gasteiger partial charge >= 0.3 is 5.97 Å². The zero-order chi connectivity index (χ0) is 22.9. The van der Waals surface area contributed by atoms with E-state index in [1.54, 1.807) is 12.1 Å². The second kappa shape index (κ2) is 8.89. The van der Waals surface area contributed by atoms with E-state index in [0.717, 1.165) is 5.56 Å². The number of carbonyl (C=O) groups excluding carboxylic acids is 2. The minimum absolute atomic E-state index is 0.102. The summed E-state index contributed by atoms with van der Waals surface area (Å²) in [4.78, 5) is 27.2. The third-order valence-electron chi connectivity index (χ3n) is 5.67. The summed E-state index contributed by atoms with van der Waals surface area (Å²) >= 11 is 0. The number of carbonyl (C=O) groups is 2. The predicted molar refractivity (Wildman–Crippen MR) is 115 cm³/mol. The van der Waals surface area contributed by atoms with Gasteiger partial charge in [-0.3, -0.25) is 9.69 Å². The number of anilines is 1. The molecule has 1 amide bonds.